The lowest BCUT2D eigenvalue weighted by atomic mass is 9.91. The number of aliphatic hydroxyl groups is 1. The Kier molecular flexibility index (Phi) is 2.29. The molecule has 1 saturated carbocycles. The molecule has 14 heavy (non-hydrogen) atoms. The second-order valence-corrected chi connectivity index (χ2v) is 5.33. The van der Waals surface area contributed by atoms with Gasteiger partial charge >= 0.3 is 0 Å². The predicted octanol–water partition coefficient (Wildman–Crippen LogP) is 1.92. The number of aliphatic hydroxyl groups excluding tert-OH is 1. The topological polar surface area (TPSA) is 23.5 Å². The van der Waals surface area contributed by atoms with Gasteiger partial charge in [-0.1, -0.05) is 12.8 Å². The molecule has 1 N–H and O–H groups in total. The molecule has 2 heterocycles. The van der Waals surface area contributed by atoms with Crippen LogP contribution in [0.4, 0.5) is 0 Å². The zero-order valence-electron chi connectivity index (χ0n) is 8.86. The molecule has 3 rings (SSSR count). The van der Waals surface area contributed by atoms with Gasteiger partial charge in [-0.2, -0.15) is 0 Å². The summed E-state index contributed by atoms with van der Waals surface area (Å²) in [5.74, 6) is 0. The summed E-state index contributed by atoms with van der Waals surface area (Å²) in [6.45, 7) is 0. The first kappa shape index (κ1) is 9.17. The highest BCUT2D eigenvalue weighted by Gasteiger charge is 2.45. The zero-order valence-corrected chi connectivity index (χ0v) is 8.86. The standard InChI is InChI=1S/C12H21NO/c14-12-4-2-1-3-11(12)13-9-5-6-10(13)8-7-9/h9-12,14H,1-8H2. The van der Waals surface area contributed by atoms with E-state index in [9.17, 15) is 5.11 Å². The summed E-state index contributed by atoms with van der Waals surface area (Å²) in [4.78, 5) is 2.68. The van der Waals surface area contributed by atoms with Crippen LogP contribution < -0.4 is 0 Å². The molecular weight excluding hydrogens is 174 g/mol. The van der Waals surface area contributed by atoms with Crippen molar-refractivity contribution in [2.75, 3.05) is 0 Å². The van der Waals surface area contributed by atoms with E-state index in [4.69, 9.17) is 0 Å². The second kappa shape index (κ2) is 3.49. The predicted molar refractivity (Wildman–Crippen MR) is 56.1 cm³/mol. The van der Waals surface area contributed by atoms with Gasteiger partial charge in [-0.05, 0) is 38.5 Å². The fourth-order valence-electron chi connectivity index (χ4n) is 3.93. The average Bonchev–Trinajstić information content (AvgIpc) is 2.78. The molecule has 3 fully saturated rings. The third-order valence-electron chi connectivity index (χ3n) is 4.59. The molecule has 2 bridgehead atoms. The van der Waals surface area contributed by atoms with Crippen LogP contribution in [0.2, 0.25) is 0 Å². The lowest BCUT2D eigenvalue weighted by Crippen LogP contribution is -2.47. The van der Waals surface area contributed by atoms with Gasteiger partial charge in [-0.15, -0.1) is 0 Å². The Morgan fingerprint density at radius 1 is 0.786 bits per heavy atom. The van der Waals surface area contributed by atoms with Crippen molar-refractivity contribution in [3.63, 3.8) is 0 Å². The lowest BCUT2D eigenvalue weighted by Gasteiger charge is -2.38. The van der Waals surface area contributed by atoms with Gasteiger partial charge in [-0.3, -0.25) is 4.90 Å². The van der Waals surface area contributed by atoms with Gasteiger partial charge in [0, 0.05) is 18.1 Å². The van der Waals surface area contributed by atoms with Gasteiger partial charge < -0.3 is 5.11 Å². The van der Waals surface area contributed by atoms with Gasteiger partial charge in [0.1, 0.15) is 0 Å². The van der Waals surface area contributed by atoms with Crippen molar-refractivity contribution in [1.82, 2.24) is 4.90 Å². The Morgan fingerprint density at radius 2 is 1.36 bits per heavy atom. The molecule has 2 unspecified atom stereocenters. The summed E-state index contributed by atoms with van der Waals surface area (Å²) in [5, 5.41) is 10.1. The minimum Gasteiger partial charge on any atom is -0.391 e. The SMILES string of the molecule is OC1CCCCC1N1C2CCC1CC2. The first-order chi connectivity index (χ1) is 6.86. The van der Waals surface area contributed by atoms with E-state index in [1.807, 2.05) is 0 Å². The van der Waals surface area contributed by atoms with Crippen LogP contribution in [0.5, 0.6) is 0 Å². The molecular formula is C12H21NO. The first-order valence-electron chi connectivity index (χ1n) is 6.32. The second-order valence-electron chi connectivity index (χ2n) is 5.33. The van der Waals surface area contributed by atoms with Crippen LogP contribution in [-0.2, 0) is 0 Å². The van der Waals surface area contributed by atoms with Crippen LogP contribution >= 0.6 is 0 Å². The maximum Gasteiger partial charge on any atom is 0.0695 e. The van der Waals surface area contributed by atoms with Gasteiger partial charge in [0.15, 0.2) is 0 Å². The number of rotatable bonds is 1. The van der Waals surface area contributed by atoms with Crippen LogP contribution in [-0.4, -0.2) is 34.2 Å². The maximum atomic E-state index is 10.1. The van der Waals surface area contributed by atoms with Gasteiger partial charge in [0.05, 0.1) is 6.10 Å². The summed E-state index contributed by atoms with van der Waals surface area (Å²) < 4.78 is 0. The van der Waals surface area contributed by atoms with Crippen molar-refractivity contribution in [2.45, 2.75) is 75.6 Å². The zero-order chi connectivity index (χ0) is 9.54. The summed E-state index contributed by atoms with van der Waals surface area (Å²) in [7, 11) is 0. The number of hydrogen-bond donors (Lipinski definition) is 1. The van der Waals surface area contributed by atoms with E-state index in [1.165, 1.54) is 44.9 Å². The van der Waals surface area contributed by atoms with Crippen LogP contribution in [0, 0.1) is 0 Å². The normalized spacial score (nSPS) is 48.6. The van der Waals surface area contributed by atoms with E-state index >= 15 is 0 Å². The van der Waals surface area contributed by atoms with Crippen LogP contribution in [0.25, 0.3) is 0 Å². The molecule has 2 saturated heterocycles. The number of fused-ring (bicyclic) bond motifs is 2. The molecule has 2 aliphatic heterocycles. The van der Waals surface area contributed by atoms with Crippen molar-refractivity contribution in [3.05, 3.63) is 0 Å². The molecule has 1 aliphatic carbocycles. The van der Waals surface area contributed by atoms with Gasteiger partial charge in [0.2, 0.25) is 0 Å². The van der Waals surface area contributed by atoms with Crippen LogP contribution in [0.3, 0.4) is 0 Å². The summed E-state index contributed by atoms with van der Waals surface area (Å²) >= 11 is 0. The summed E-state index contributed by atoms with van der Waals surface area (Å²) in [6.07, 6.45) is 10.4. The fraction of sp³-hybridized carbons (Fsp3) is 1.00. The third-order valence-corrected chi connectivity index (χ3v) is 4.59. The van der Waals surface area contributed by atoms with E-state index in [1.54, 1.807) is 0 Å². The molecule has 0 radical (unpaired) electrons. The molecule has 0 aromatic rings. The molecule has 2 nitrogen and oxygen atoms in total. The molecule has 0 amide bonds. The molecule has 80 valence electrons. The fourth-order valence-corrected chi connectivity index (χ4v) is 3.93. The lowest BCUT2D eigenvalue weighted by molar-refractivity contribution is 0.0110. The minimum absolute atomic E-state index is 0.0232. The smallest absolute Gasteiger partial charge is 0.0695 e. The van der Waals surface area contributed by atoms with Crippen molar-refractivity contribution in [3.8, 4) is 0 Å². The first-order valence-corrected chi connectivity index (χ1v) is 6.32. The highest BCUT2D eigenvalue weighted by atomic mass is 16.3. The Morgan fingerprint density at radius 3 is 1.93 bits per heavy atom. The third kappa shape index (κ3) is 1.31. The van der Waals surface area contributed by atoms with Gasteiger partial charge in [0.25, 0.3) is 0 Å². The molecule has 3 aliphatic rings. The molecule has 0 spiro atoms. The molecule has 2 atom stereocenters. The van der Waals surface area contributed by atoms with Crippen molar-refractivity contribution in [2.24, 2.45) is 0 Å². The Labute approximate surface area is 86.3 Å². The number of nitrogens with zero attached hydrogens (tertiary/aromatic N) is 1. The van der Waals surface area contributed by atoms with E-state index in [0.717, 1.165) is 18.5 Å². The van der Waals surface area contributed by atoms with E-state index in [-0.39, 0.29) is 6.10 Å². The molecule has 0 aromatic carbocycles. The quantitative estimate of drug-likeness (QED) is 0.691. The Bertz CT molecular complexity index is 198. The van der Waals surface area contributed by atoms with E-state index in [2.05, 4.69) is 4.90 Å². The van der Waals surface area contributed by atoms with Crippen LogP contribution in [0.1, 0.15) is 51.4 Å². The monoisotopic (exact) mass is 195 g/mol. The highest BCUT2D eigenvalue weighted by Crippen LogP contribution is 2.41. The molecule has 0 aromatic heterocycles. The van der Waals surface area contributed by atoms with Crippen molar-refractivity contribution < 1.29 is 5.11 Å². The Balaban J connectivity index is 1.74. The summed E-state index contributed by atoms with van der Waals surface area (Å²) in [6, 6.07) is 2.18. The highest BCUT2D eigenvalue weighted by molar-refractivity contribution is 5.00. The van der Waals surface area contributed by atoms with Gasteiger partial charge in [-0.25, -0.2) is 0 Å². The van der Waals surface area contributed by atoms with Crippen LogP contribution in [0.15, 0.2) is 0 Å². The molecule has 2 heteroatoms. The number of hydrogen-bond acceptors (Lipinski definition) is 2. The maximum absolute atomic E-state index is 10.1. The van der Waals surface area contributed by atoms with Crippen molar-refractivity contribution >= 4 is 0 Å². The van der Waals surface area contributed by atoms with E-state index < -0.39 is 0 Å². The average molecular weight is 195 g/mol. The van der Waals surface area contributed by atoms with Crippen molar-refractivity contribution in [1.29, 1.82) is 0 Å². The summed E-state index contributed by atoms with van der Waals surface area (Å²) in [5.41, 5.74) is 0. The largest absolute Gasteiger partial charge is 0.391 e. The van der Waals surface area contributed by atoms with E-state index in [0.29, 0.717) is 6.04 Å². The minimum atomic E-state index is -0.0232. The Hall–Kier alpha value is -0.0800.